The van der Waals surface area contributed by atoms with Gasteiger partial charge in [0.15, 0.2) is 0 Å². The van der Waals surface area contributed by atoms with E-state index in [4.69, 9.17) is 0 Å². The van der Waals surface area contributed by atoms with Gasteiger partial charge in [0, 0.05) is 33.9 Å². The van der Waals surface area contributed by atoms with Gasteiger partial charge in [0.05, 0.1) is 0 Å². The van der Waals surface area contributed by atoms with Gasteiger partial charge in [-0.1, -0.05) is 15.9 Å². The molecule has 0 fully saturated rings. The molecule has 1 amide bonds. The molecule has 2 N–H and O–H groups in total. The van der Waals surface area contributed by atoms with E-state index in [0.717, 1.165) is 15.7 Å². The van der Waals surface area contributed by atoms with Crippen molar-refractivity contribution in [1.29, 1.82) is 0 Å². The molecule has 0 aliphatic heterocycles. The Balaban J connectivity index is 2.05. The Hall–Kier alpha value is -2.21. The van der Waals surface area contributed by atoms with Crippen LogP contribution in [0.1, 0.15) is 22.4 Å². The summed E-state index contributed by atoms with van der Waals surface area (Å²) >= 11 is 3.25. The third-order valence-corrected chi connectivity index (χ3v) is 3.80. The maximum absolute atomic E-state index is 13.6. The van der Waals surface area contributed by atoms with Crippen LogP contribution < -0.4 is 10.9 Å². The van der Waals surface area contributed by atoms with E-state index < -0.39 is 11.7 Å². The first kappa shape index (κ1) is 17.1. The number of H-pyrrole nitrogens is 1. The maximum atomic E-state index is 13.6. The van der Waals surface area contributed by atoms with Crippen LogP contribution in [0, 0.1) is 19.7 Å². The highest BCUT2D eigenvalue weighted by atomic mass is 79.9. The topological polar surface area (TPSA) is 62.0 Å². The van der Waals surface area contributed by atoms with Crippen molar-refractivity contribution in [3.05, 3.63) is 73.4 Å². The molecule has 23 heavy (non-hydrogen) atoms. The molecule has 4 nitrogen and oxygen atoms in total. The van der Waals surface area contributed by atoms with Crippen molar-refractivity contribution in [2.45, 2.75) is 20.4 Å². The van der Waals surface area contributed by atoms with Gasteiger partial charge in [0.25, 0.3) is 5.56 Å². The van der Waals surface area contributed by atoms with E-state index in [-0.39, 0.29) is 12.1 Å². The van der Waals surface area contributed by atoms with Crippen LogP contribution in [0.3, 0.4) is 0 Å². The van der Waals surface area contributed by atoms with Crippen LogP contribution in [0.25, 0.3) is 6.08 Å². The van der Waals surface area contributed by atoms with Crippen LogP contribution in [0.4, 0.5) is 4.39 Å². The van der Waals surface area contributed by atoms with Gasteiger partial charge >= 0.3 is 0 Å². The molecule has 0 unspecified atom stereocenters. The molecule has 0 radical (unpaired) electrons. The van der Waals surface area contributed by atoms with Crippen molar-refractivity contribution < 1.29 is 9.18 Å². The van der Waals surface area contributed by atoms with Crippen molar-refractivity contribution in [3.8, 4) is 0 Å². The second-order valence-corrected chi connectivity index (χ2v) is 6.08. The molecule has 1 aromatic carbocycles. The number of carbonyl (C=O) groups excluding carboxylic acids is 1. The van der Waals surface area contributed by atoms with Crippen molar-refractivity contribution in [2.24, 2.45) is 0 Å². The number of aromatic nitrogens is 1. The number of nitrogens with one attached hydrogen (secondary N) is 2. The van der Waals surface area contributed by atoms with Crippen LogP contribution in [-0.4, -0.2) is 10.9 Å². The summed E-state index contributed by atoms with van der Waals surface area (Å²) < 4.78 is 14.3. The summed E-state index contributed by atoms with van der Waals surface area (Å²) in [6.07, 6.45) is 2.63. The standard InChI is InChI=1S/C17H16BrFN2O2/c1-10-7-11(2)21-17(23)14(10)9-20-16(22)6-3-12-8-13(18)4-5-15(12)19/h3-8H,9H2,1-2H3,(H,20,22)(H,21,23)/b6-3+. The second kappa shape index (κ2) is 7.37. The van der Waals surface area contributed by atoms with Crippen LogP contribution in [0.2, 0.25) is 0 Å². The smallest absolute Gasteiger partial charge is 0.253 e. The van der Waals surface area contributed by atoms with Crippen molar-refractivity contribution in [2.75, 3.05) is 0 Å². The zero-order valence-electron chi connectivity index (χ0n) is 12.7. The van der Waals surface area contributed by atoms with Gasteiger partial charge in [-0.25, -0.2) is 4.39 Å². The predicted molar refractivity (Wildman–Crippen MR) is 91.5 cm³/mol. The van der Waals surface area contributed by atoms with E-state index in [9.17, 15) is 14.0 Å². The number of aryl methyl sites for hydroxylation is 2. The molecule has 0 saturated heterocycles. The first-order valence-corrected chi connectivity index (χ1v) is 7.76. The van der Waals surface area contributed by atoms with E-state index in [0.29, 0.717) is 11.1 Å². The quantitative estimate of drug-likeness (QED) is 0.802. The summed E-state index contributed by atoms with van der Waals surface area (Å²) in [6, 6.07) is 6.32. The SMILES string of the molecule is Cc1cc(C)c(CNC(=O)/C=C/c2cc(Br)ccc2F)c(=O)[nH]1. The number of pyridine rings is 1. The summed E-state index contributed by atoms with van der Waals surface area (Å²) in [5.41, 5.74) is 2.18. The van der Waals surface area contributed by atoms with Gasteiger partial charge in [-0.05, 0) is 49.8 Å². The molecule has 0 spiro atoms. The summed E-state index contributed by atoms with van der Waals surface area (Å²) in [4.78, 5) is 26.4. The fraction of sp³-hybridized carbons (Fsp3) is 0.176. The number of hydrogen-bond donors (Lipinski definition) is 2. The van der Waals surface area contributed by atoms with E-state index in [1.165, 1.54) is 18.2 Å². The summed E-state index contributed by atoms with van der Waals surface area (Å²) in [6.45, 7) is 3.73. The van der Waals surface area contributed by atoms with E-state index in [2.05, 4.69) is 26.2 Å². The number of rotatable bonds is 4. The number of hydrogen-bond acceptors (Lipinski definition) is 2. The Morgan fingerprint density at radius 2 is 2.09 bits per heavy atom. The molecule has 0 aliphatic carbocycles. The second-order valence-electron chi connectivity index (χ2n) is 5.16. The molecule has 2 rings (SSSR count). The van der Waals surface area contributed by atoms with Crippen LogP contribution in [0.5, 0.6) is 0 Å². The lowest BCUT2D eigenvalue weighted by Crippen LogP contribution is -2.26. The summed E-state index contributed by atoms with van der Waals surface area (Å²) in [5.74, 6) is -0.813. The predicted octanol–water partition coefficient (Wildman–Crippen LogP) is 3.22. The lowest BCUT2D eigenvalue weighted by atomic mass is 10.1. The van der Waals surface area contributed by atoms with E-state index in [1.54, 1.807) is 19.1 Å². The minimum Gasteiger partial charge on any atom is -0.348 e. The van der Waals surface area contributed by atoms with Crippen molar-refractivity contribution in [3.63, 3.8) is 0 Å². The Morgan fingerprint density at radius 3 is 2.78 bits per heavy atom. The molecular weight excluding hydrogens is 363 g/mol. The van der Waals surface area contributed by atoms with Gasteiger partial charge in [-0.15, -0.1) is 0 Å². The van der Waals surface area contributed by atoms with Crippen LogP contribution in [-0.2, 0) is 11.3 Å². The van der Waals surface area contributed by atoms with Gasteiger partial charge < -0.3 is 10.3 Å². The minimum absolute atomic E-state index is 0.117. The molecule has 6 heteroatoms. The third kappa shape index (κ3) is 4.63. The number of amides is 1. The molecule has 0 aliphatic rings. The number of halogens is 2. The highest BCUT2D eigenvalue weighted by Gasteiger charge is 2.06. The van der Waals surface area contributed by atoms with Crippen LogP contribution in [0.15, 0.2) is 39.6 Å². The molecular formula is C17H16BrFN2O2. The molecule has 1 heterocycles. The number of carbonyl (C=O) groups is 1. The van der Waals surface area contributed by atoms with Crippen molar-refractivity contribution in [1.82, 2.24) is 10.3 Å². The van der Waals surface area contributed by atoms with Gasteiger partial charge in [-0.3, -0.25) is 9.59 Å². The Bertz CT molecular complexity index is 828. The average Bonchev–Trinajstić information content (AvgIpc) is 2.47. The first-order chi connectivity index (χ1) is 10.9. The minimum atomic E-state index is -0.414. The number of benzene rings is 1. The average molecular weight is 379 g/mol. The number of aromatic amines is 1. The summed E-state index contributed by atoms with van der Waals surface area (Å²) in [7, 11) is 0. The normalized spacial score (nSPS) is 11.0. The zero-order valence-corrected chi connectivity index (χ0v) is 14.3. The van der Waals surface area contributed by atoms with Gasteiger partial charge in [-0.2, -0.15) is 0 Å². The largest absolute Gasteiger partial charge is 0.348 e. The van der Waals surface area contributed by atoms with Crippen molar-refractivity contribution >= 4 is 27.9 Å². The maximum Gasteiger partial charge on any atom is 0.253 e. The highest BCUT2D eigenvalue weighted by molar-refractivity contribution is 9.10. The van der Waals surface area contributed by atoms with Gasteiger partial charge in [0.2, 0.25) is 5.91 Å². The Labute approximate surface area is 141 Å². The molecule has 0 bridgehead atoms. The first-order valence-electron chi connectivity index (χ1n) is 6.97. The van der Waals surface area contributed by atoms with E-state index in [1.807, 2.05) is 13.0 Å². The van der Waals surface area contributed by atoms with E-state index >= 15 is 0 Å². The lowest BCUT2D eigenvalue weighted by Gasteiger charge is -2.06. The van der Waals surface area contributed by atoms with Crippen LogP contribution >= 0.6 is 15.9 Å². The summed E-state index contributed by atoms with van der Waals surface area (Å²) in [5, 5.41) is 2.62. The molecule has 1 aromatic heterocycles. The molecule has 0 saturated carbocycles. The fourth-order valence-electron chi connectivity index (χ4n) is 2.14. The lowest BCUT2D eigenvalue weighted by molar-refractivity contribution is -0.116. The third-order valence-electron chi connectivity index (χ3n) is 3.31. The zero-order chi connectivity index (χ0) is 17.0. The molecule has 0 atom stereocenters. The Morgan fingerprint density at radius 1 is 1.35 bits per heavy atom. The molecule has 120 valence electrons. The molecule has 2 aromatic rings. The fourth-order valence-corrected chi connectivity index (χ4v) is 2.52. The van der Waals surface area contributed by atoms with Gasteiger partial charge in [0.1, 0.15) is 5.82 Å². The Kier molecular flexibility index (Phi) is 5.50. The highest BCUT2D eigenvalue weighted by Crippen LogP contribution is 2.16. The monoisotopic (exact) mass is 378 g/mol.